The van der Waals surface area contributed by atoms with Crippen LogP contribution in [0.25, 0.3) is 0 Å². The summed E-state index contributed by atoms with van der Waals surface area (Å²) in [5.41, 5.74) is 2.97. The Labute approximate surface area is 128 Å². The van der Waals surface area contributed by atoms with E-state index < -0.39 is 0 Å². The van der Waals surface area contributed by atoms with E-state index in [-0.39, 0.29) is 0 Å². The minimum atomic E-state index is 1.22. The smallest absolute Gasteiger partial charge is 0.0210 e. The monoisotopic (exact) mass is 324 g/mol. The second kappa shape index (κ2) is 10.5. The average Bonchev–Trinajstić information content (AvgIpc) is 2.42. The van der Waals surface area contributed by atoms with E-state index in [4.69, 9.17) is 0 Å². The first-order valence-corrected chi connectivity index (χ1v) is 8.84. The molecule has 0 fully saturated rings. The van der Waals surface area contributed by atoms with Crippen LogP contribution in [-0.4, -0.2) is 0 Å². The minimum Gasteiger partial charge on any atom is -0.0654 e. The first-order valence-electron chi connectivity index (χ1n) is 8.05. The summed E-state index contributed by atoms with van der Waals surface area (Å²) in [4.78, 5) is 0. The number of unbranched alkanes of at least 4 members (excludes halogenated alkanes) is 6. The number of hydrogen-bond acceptors (Lipinski definition) is 0. The van der Waals surface area contributed by atoms with Crippen LogP contribution in [0.4, 0.5) is 0 Å². The Morgan fingerprint density at radius 3 is 2.00 bits per heavy atom. The highest BCUT2D eigenvalue weighted by molar-refractivity contribution is 9.10. The molecule has 0 saturated heterocycles. The maximum Gasteiger partial charge on any atom is 0.0210 e. The van der Waals surface area contributed by atoms with Crippen LogP contribution >= 0.6 is 15.9 Å². The summed E-state index contributed by atoms with van der Waals surface area (Å²) < 4.78 is 1.32. The van der Waals surface area contributed by atoms with Crippen LogP contribution in [0.2, 0.25) is 0 Å². The standard InChI is InChI=1S/C18H29Br/c1-3-5-7-9-11-16-13-14-17(18(19)15-16)12-10-8-6-4-2/h13-15H,3-12H2,1-2H3. The number of aryl methyl sites for hydroxylation is 2. The Morgan fingerprint density at radius 1 is 0.789 bits per heavy atom. The second-order valence-electron chi connectivity index (χ2n) is 5.55. The van der Waals surface area contributed by atoms with Crippen LogP contribution < -0.4 is 0 Å². The highest BCUT2D eigenvalue weighted by atomic mass is 79.9. The van der Waals surface area contributed by atoms with Crippen LogP contribution in [0.5, 0.6) is 0 Å². The van der Waals surface area contributed by atoms with Gasteiger partial charge in [-0.1, -0.05) is 80.4 Å². The van der Waals surface area contributed by atoms with E-state index in [0.29, 0.717) is 0 Å². The fourth-order valence-electron chi connectivity index (χ4n) is 2.45. The van der Waals surface area contributed by atoms with E-state index in [2.05, 4.69) is 48.0 Å². The molecular weight excluding hydrogens is 296 g/mol. The van der Waals surface area contributed by atoms with Gasteiger partial charge in [-0.15, -0.1) is 0 Å². The summed E-state index contributed by atoms with van der Waals surface area (Å²) in [6.45, 7) is 4.53. The van der Waals surface area contributed by atoms with E-state index in [0.717, 1.165) is 0 Å². The van der Waals surface area contributed by atoms with Crippen molar-refractivity contribution >= 4 is 15.9 Å². The van der Waals surface area contributed by atoms with Crippen molar-refractivity contribution < 1.29 is 0 Å². The van der Waals surface area contributed by atoms with Gasteiger partial charge in [-0.2, -0.15) is 0 Å². The van der Waals surface area contributed by atoms with Crippen molar-refractivity contribution in [1.82, 2.24) is 0 Å². The van der Waals surface area contributed by atoms with E-state index in [9.17, 15) is 0 Å². The summed E-state index contributed by atoms with van der Waals surface area (Å²) in [6, 6.07) is 6.98. The van der Waals surface area contributed by atoms with Crippen molar-refractivity contribution in [2.75, 3.05) is 0 Å². The fourth-order valence-corrected chi connectivity index (χ4v) is 3.07. The third kappa shape index (κ3) is 7.15. The lowest BCUT2D eigenvalue weighted by Crippen LogP contribution is -1.91. The molecule has 1 aromatic carbocycles. The Balaban J connectivity index is 2.36. The zero-order chi connectivity index (χ0) is 13.9. The van der Waals surface area contributed by atoms with Gasteiger partial charge in [0.2, 0.25) is 0 Å². The molecule has 0 saturated carbocycles. The van der Waals surface area contributed by atoms with Crippen molar-refractivity contribution in [1.29, 1.82) is 0 Å². The molecule has 0 heterocycles. The molecule has 0 unspecified atom stereocenters. The Morgan fingerprint density at radius 2 is 1.42 bits per heavy atom. The number of hydrogen-bond donors (Lipinski definition) is 0. The third-order valence-corrected chi connectivity index (χ3v) is 4.47. The van der Waals surface area contributed by atoms with Gasteiger partial charge in [0.15, 0.2) is 0 Å². The van der Waals surface area contributed by atoms with Gasteiger partial charge in [0.1, 0.15) is 0 Å². The molecule has 19 heavy (non-hydrogen) atoms. The molecule has 0 amide bonds. The molecule has 0 N–H and O–H groups in total. The Bertz CT molecular complexity index is 344. The molecule has 108 valence electrons. The molecule has 1 heteroatoms. The second-order valence-corrected chi connectivity index (χ2v) is 6.40. The molecular formula is C18H29Br. The predicted molar refractivity (Wildman–Crippen MR) is 89.8 cm³/mol. The van der Waals surface area contributed by atoms with E-state index in [1.54, 1.807) is 0 Å². The lowest BCUT2D eigenvalue weighted by Gasteiger charge is -2.07. The summed E-state index contributed by atoms with van der Waals surface area (Å²) in [5.74, 6) is 0. The normalized spacial score (nSPS) is 10.9. The van der Waals surface area contributed by atoms with Crippen LogP contribution in [0.3, 0.4) is 0 Å². The Hall–Kier alpha value is -0.300. The van der Waals surface area contributed by atoms with Crippen molar-refractivity contribution in [3.63, 3.8) is 0 Å². The summed E-state index contributed by atoms with van der Waals surface area (Å²) >= 11 is 3.74. The summed E-state index contributed by atoms with van der Waals surface area (Å²) in [6.07, 6.45) is 13.2. The summed E-state index contributed by atoms with van der Waals surface area (Å²) in [5, 5.41) is 0. The maximum absolute atomic E-state index is 3.74. The maximum atomic E-state index is 3.74. The zero-order valence-corrected chi connectivity index (χ0v) is 14.3. The quantitative estimate of drug-likeness (QED) is 0.420. The van der Waals surface area contributed by atoms with Crippen LogP contribution in [-0.2, 0) is 12.8 Å². The molecule has 0 aliphatic rings. The van der Waals surface area contributed by atoms with Crippen molar-refractivity contribution in [2.45, 2.75) is 78.1 Å². The molecule has 0 aliphatic carbocycles. The van der Waals surface area contributed by atoms with Crippen molar-refractivity contribution in [3.05, 3.63) is 33.8 Å². The van der Waals surface area contributed by atoms with Crippen molar-refractivity contribution in [2.24, 2.45) is 0 Å². The van der Waals surface area contributed by atoms with Crippen molar-refractivity contribution in [3.8, 4) is 0 Å². The molecule has 0 spiro atoms. The predicted octanol–water partition coefficient (Wildman–Crippen LogP) is 6.69. The van der Waals surface area contributed by atoms with E-state index in [1.807, 2.05) is 0 Å². The first-order chi connectivity index (χ1) is 9.27. The topological polar surface area (TPSA) is 0 Å². The van der Waals surface area contributed by atoms with Crippen LogP contribution in [0, 0.1) is 0 Å². The molecule has 1 aromatic rings. The minimum absolute atomic E-state index is 1.22. The van der Waals surface area contributed by atoms with E-state index in [1.165, 1.54) is 79.8 Å². The molecule has 0 radical (unpaired) electrons. The van der Waals surface area contributed by atoms with Gasteiger partial charge in [-0.3, -0.25) is 0 Å². The third-order valence-electron chi connectivity index (χ3n) is 3.74. The SMILES string of the molecule is CCCCCCc1ccc(CCCCCC)c(Br)c1. The van der Waals surface area contributed by atoms with Gasteiger partial charge in [0, 0.05) is 4.47 Å². The molecule has 0 bridgehead atoms. The number of rotatable bonds is 10. The molecule has 0 nitrogen and oxygen atoms in total. The van der Waals surface area contributed by atoms with Gasteiger partial charge < -0.3 is 0 Å². The average molecular weight is 325 g/mol. The largest absolute Gasteiger partial charge is 0.0654 e. The van der Waals surface area contributed by atoms with Gasteiger partial charge in [-0.05, 0) is 42.9 Å². The highest BCUT2D eigenvalue weighted by Gasteiger charge is 2.02. The lowest BCUT2D eigenvalue weighted by molar-refractivity contribution is 0.662. The fraction of sp³-hybridized carbons (Fsp3) is 0.667. The zero-order valence-electron chi connectivity index (χ0n) is 12.7. The van der Waals surface area contributed by atoms with Crippen LogP contribution in [0.1, 0.15) is 76.3 Å². The van der Waals surface area contributed by atoms with Gasteiger partial charge >= 0.3 is 0 Å². The first kappa shape index (κ1) is 16.8. The molecule has 0 aliphatic heterocycles. The summed E-state index contributed by atoms with van der Waals surface area (Å²) in [7, 11) is 0. The molecule has 1 rings (SSSR count). The van der Waals surface area contributed by atoms with Gasteiger partial charge in [-0.25, -0.2) is 0 Å². The molecule has 0 atom stereocenters. The van der Waals surface area contributed by atoms with E-state index >= 15 is 0 Å². The van der Waals surface area contributed by atoms with Gasteiger partial charge in [0.25, 0.3) is 0 Å². The molecule has 0 aromatic heterocycles. The van der Waals surface area contributed by atoms with Gasteiger partial charge in [0.05, 0.1) is 0 Å². The highest BCUT2D eigenvalue weighted by Crippen LogP contribution is 2.22. The Kier molecular flexibility index (Phi) is 9.24. The number of benzene rings is 1. The van der Waals surface area contributed by atoms with Crippen LogP contribution in [0.15, 0.2) is 22.7 Å². The number of halogens is 1. The lowest BCUT2D eigenvalue weighted by atomic mass is 10.0.